The number of hydrogen-bond donors (Lipinski definition) is 2. The number of fused-ring (bicyclic) bond motifs is 2. The van der Waals surface area contributed by atoms with Crippen LogP contribution in [0.4, 0.5) is 0 Å². The molecular formula is C8H14N2O2. The predicted octanol–water partition coefficient (Wildman–Crippen LogP) is -0.399. The van der Waals surface area contributed by atoms with E-state index in [0.29, 0.717) is 12.6 Å². The van der Waals surface area contributed by atoms with E-state index in [-0.39, 0.29) is 11.6 Å². The number of ether oxygens (including phenoxy) is 1. The van der Waals surface area contributed by atoms with Gasteiger partial charge in [-0.05, 0) is 12.8 Å². The Labute approximate surface area is 71.7 Å². The highest BCUT2D eigenvalue weighted by Crippen LogP contribution is 2.25. The van der Waals surface area contributed by atoms with Crippen molar-refractivity contribution in [2.24, 2.45) is 0 Å². The summed E-state index contributed by atoms with van der Waals surface area (Å²) in [6.07, 6.45) is 2.08. The molecule has 12 heavy (non-hydrogen) atoms. The fourth-order valence-electron chi connectivity index (χ4n) is 2.04. The van der Waals surface area contributed by atoms with Gasteiger partial charge in [-0.15, -0.1) is 0 Å². The third-order valence-electron chi connectivity index (χ3n) is 2.48. The molecule has 0 aromatic rings. The van der Waals surface area contributed by atoms with Gasteiger partial charge in [-0.3, -0.25) is 10.1 Å². The zero-order valence-corrected chi connectivity index (χ0v) is 7.22. The molecule has 0 aliphatic carbocycles. The second kappa shape index (κ2) is 2.71. The molecule has 0 aromatic carbocycles. The molecule has 2 atom stereocenters. The van der Waals surface area contributed by atoms with Crippen LogP contribution >= 0.6 is 0 Å². The largest absolute Gasteiger partial charge is 0.376 e. The lowest BCUT2D eigenvalue weighted by Gasteiger charge is -2.34. The molecule has 0 saturated carbocycles. The molecule has 4 nitrogen and oxygen atoms in total. The van der Waals surface area contributed by atoms with Crippen LogP contribution in [0.25, 0.3) is 0 Å². The number of nitrogens with one attached hydrogen (secondary N) is 2. The van der Waals surface area contributed by atoms with Gasteiger partial charge in [0, 0.05) is 13.0 Å². The van der Waals surface area contributed by atoms with Crippen LogP contribution in [0.15, 0.2) is 0 Å². The number of hydrogen-bond acceptors (Lipinski definition) is 3. The minimum absolute atomic E-state index is 0.00801. The summed E-state index contributed by atoms with van der Waals surface area (Å²) < 4.78 is 5.38. The van der Waals surface area contributed by atoms with E-state index >= 15 is 0 Å². The summed E-state index contributed by atoms with van der Waals surface area (Å²) in [5.74, 6) is 0.00801. The van der Waals surface area contributed by atoms with E-state index in [2.05, 4.69) is 10.6 Å². The van der Waals surface area contributed by atoms with Crippen LogP contribution in [-0.4, -0.2) is 30.8 Å². The molecule has 0 radical (unpaired) electrons. The standard InChI is InChI=1S/C8H14N2O2/c1-6(11)9-8-3-2-7(10-8)4-12-5-8/h7,10H,2-5H2,1H3,(H,9,11). The fourth-order valence-corrected chi connectivity index (χ4v) is 2.04. The van der Waals surface area contributed by atoms with Crippen LogP contribution in [0.5, 0.6) is 0 Å². The van der Waals surface area contributed by atoms with Crippen molar-refractivity contribution in [1.82, 2.24) is 10.6 Å². The average Bonchev–Trinajstić information content (AvgIpc) is 2.25. The average molecular weight is 170 g/mol. The predicted molar refractivity (Wildman–Crippen MR) is 43.5 cm³/mol. The van der Waals surface area contributed by atoms with Crippen molar-refractivity contribution < 1.29 is 9.53 Å². The number of morpholine rings is 1. The molecule has 0 aromatic heterocycles. The van der Waals surface area contributed by atoms with E-state index in [1.165, 1.54) is 0 Å². The molecule has 2 rings (SSSR count). The first kappa shape index (κ1) is 8.01. The van der Waals surface area contributed by atoms with Crippen LogP contribution in [0.1, 0.15) is 19.8 Å². The van der Waals surface area contributed by atoms with Gasteiger partial charge in [0.1, 0.15) is 5.66 Å². The zero-order valence-electron chi connectivity index (χ0n) is 7.22. The van der Waals surface area contributed by atoms with Gasteiger partial charge in [0.25, 0.3) is 0 Å². The number of carbonyl (C=O) groups excluding carboxylic acids is 1. The molecule has 4 heteroatoms. The summed E-state index contributed by atoms with van der Waals surface area (Å²) in [7, 11) is 0. The Morgan fingerprint density at radius 1 is 1.75 bits per heavy atom. The molecular weight excluding hydrogens is 156 g/mol. The van der Waals surface area contributed by atoms with Crippen molar-refractivity contribution in [2.75, 3.05) is 13.2 Å². The second-order valence-electron chi connectivity index (χ2n) is 3.66. The molecule has 2 heterocycles. The third-order valence-corrected chi connectivity index (χ3v) is 2.48. The summed E-state index contributed by atoms with van der Waals surface area (Å²) in [4.78, 5) is 10.9. The van der Waals surface area contributed by atoms with Gasteiger partial charge in [0.2, 0.25) is 5.91 Å². The molecule has 2 aliphatic rings. The van der Waals surface area contributed by atoms with Crippen molar-refractivity contribution >= 4 is 5.91 Å². The first-order valence-electron chi connectivity index (χ1n) is 4.34. The Hall–Kier alpha value is -0.610. The smallest absolute Gasteiger partial charge is 0.218 e. The monoisotopic (exact) mass is 170 g/mol. The number of amides is 1. The maximum Gasteiger partial charge on any atom is 0.218 e. The van der Waals surface area contributed by atoms with E-state index in [1.54, 1.807) is 6.92 Å². The SMILES string of the molecule is CC(=O)NC12CCC(COC1)N2. The number of rotatable bonds is 1. The van der Waals surface area contributed by atoms with E-state index in [0.717, 1.165) is 19.4 Å². The maximum absolute atomic E-state index is 10.9. The molecule has 2 unspecified atom stereocenters. The minimum atomic E-state index is -0.255. The highest BCUT2D eigenvalue weighted by Gasteiger charge is 2.42. The highest BCUT2D eigenvalue weighted by atomic mass is 16.5. The maximum atomic E-state index is 10.9. The van der Waals surface area contributed by atoms with Crippen LogP contribution in [0, 0.1) is 0 Å². The van der Waals surface area contributed by atoms with Gasteiger partial charge in [0.15, 0.2) is 0 Å². The van der Waals surface area contributed by atoms with Crippen molar-refractivity contribution in [3.05, 3.63) is 0 Å². The summed E-state index contributed by atoms with van der Waals surface area (Å²) in [6.45, 7) is 2.92. The Morgan fingerprint density at radius 2 is 2.58 bits per heavy atom. The summed E-state index contributed by atoms with van der Waals surface area (Å²) in [6, 6.07) is 0.436. The normalized spacial score (nSPS) is 39.6. The minimum Gasteiger partial charge on any atom is -0.376 e. The summed E-state index contributed by atoms with van der Waals surface area (Å²) >= 11 is 0. The van der Waals surface area contributed by atoms with E-state index in [4.69, 9.17) is 4.74 Å². The van der Waals surface area contributed by atoms with Gasteiger partial charge in [-0.25, -0.2) is 0 Å². The molecule has 68 valence electrons. The zero-order chi connectivity index (χ0) is 8.60. The van der Waals surface area contributed by atoms with E-state index in [9.17, 15) is 4.79 Å². The first-order valence-corrected chi connectivity index (χ1v) is 4.34. The lowest BCUT2D eigenvalue weighted by molar-refractivity contribution is -0.123. The summed E-state index contributed by atoms with van der Waals surface area (Å²) in [5, 5.41) is 6.29. The van der Waals surface area contributed by atoms with E-state index < -0.39 is 0 Å². The van der Waals surface area contributed by atoms with Crippen molar-refractivity contribution in [3.63, 3.8) is 0 Å². The molecule has 2 N–H and O–H groups in total. The Morgan fingerprint density at radius 3 is 3.33 bits per heavy atom. The molecule has 2 bridgehead atoms. The van der Waals surface area contributed by atoms with Crippen molar-refractivity contribution in [2.45, 2.75) is 31.5 Å². The lowest BCUT2D eigenvalue weighted by atomic mass is 10.1. The lowest BCUT2D eigenvalue weighted by Crippen LogP contribution is -2.62. The molecule has 2 aliphatic heterocycles. The van der Waals surface area contributed by atoms with Crippen LogP contribution in [0.3, 0.4) is 0 Å². The molecule has 0 spiro atoms. The van der Waals surface area contributed by atoms with Crippen LogP contribution < -0.4 is 10.6 Å². The van der Waals surface area contributed by atoms with Gasteiger partial charge < -0.3 is 10.1 Å². The molecule has 2 saturated heterocycles. The van der Waals surface area contributed by atoms with Crippen LogP contribution in [-0.2, 0) is 9.53 Å². The summed E-state index contributed by atoms with van der Waals surface area (Å²) in [5.41, 5.74) is -0.255. The van der Waals surface area contributed by atoms with Gasteiger partial charge in [-0.2, -0.15) is 0 Å². The second-order valence-corrected chi connectivity index (χ2v) is 3.66. The fraction of sp³-hybridized carbons (Fsp3) is 0.875. The van der Waals surface area contributed by atoms with Crippen molar-refractivity contribution in [1.29, 1.82) is 0 Å². The Kier molecular flexibility index (Phi) is 1.81. The first-order chi connectivity index (χ1) is 5.70. The van der Waals surface area contributed by atoms with E-state index in [1.807, 2.05) is 0 Å². The highest BCUT2D eigenvalue weighted by molar-refractivity contribution is 5.73. The third kappa shape index (κ3) is 1.32. The molecule has 2 fully saturated rings. The van der Waals surface area contributed by atoms with Gasteiger partial charge >= 0.3 is 0 Å². The Bertz CT molecular complexity index is 203. The quantitative estimate of drug-likeness (QED) is 0.563. The van der Waals surface area contributed by atoms with Crippen molar-refractivity contribution in [3.8, 4) is 0 Å². The van der Waals surface area contributed by atoms with Gasteiger partial charge in [-0.1, -0.05) is 0 Å². The van der Waals surface area contributed by atoms with Gasteiger partial charge in [0.05, 0.1) is 13.2 Å². The topological polar surface area (TPSA) is 50.4 Å². The van der Waals surface area contributed by atoms with Crippen LogP contribution in [0.2, 0.25) is 0 Å². The molecule has 1 amide bonds. The number of carbonyl (C=O) groups is 1. The Balaban J connectivity index is 2.05.